The number of nitrogens with two attached hydrogens (primary N) is 2. The maximum Gasteiger partial charge on any atom is 0.114 e. The second-order valence-electron chi connectivity index (χ2n) is 2.75. The van der Waals surface area contributed by atoms with E-state index in [9.17, 15) is 5.11 Å². The van der Waals surface area contributed by atoms with Gasteiger partial charge in [-0.15, -0.1) is 0 Å². The Kier molecular flexibility index (Phi) is 1.54. The van der Waals surface area contributed by atoms with Crippen LogP contribution in [-0.4, -0.2) is 16.7 Å². The molecule has 2 atom stereocenters. The summed E-state index contributed by atoms with van der Waals surface area (Å²) in [5.41, 5.74) is 10.5. The fourth-order valence-corrected chi connectivity index (χ4v) is 0.817. The Hall–Kier alpha value is -0.800. The van der Waals surface area contributed by atoms with E-state index < -0.39 is 5.54 Å². The minimum Gasteiger partial charge on any atom is -0.510 e. The van der Waals surface area contributed by atoms with E-state index in [1.807, 2.05) is 0 Å². The van der Waals surface area contributed by atoms with Gasteiger partial charge in [0.05, 0.1) is 5.54 Å². The molecule has 0 bridgehead atoms. The average molecular weight is 140 g/mol. The molecule has 0 heterocycles. The molecular formula is C7H12N2O. The molecule has 0 aromatic carbocycles. The van der Waals surface area contributed by atoms with Gasteiger partial charge >= 0.3 is 0 Å². The maximum absolute atomic E-state index is 9.21. The van der Waals surface area contributed by atoms with E-state index in [4.69, 9.17) is 11.5 Å². The lowest BCUT2D eigenvalue weighted by atomic mass is 9.88. The normalized spacial score (nSPS) is 39.5. The Morgan fingerprint density at radius 3 is 2.70 bits per heavy atom. The van der Waals surface area contributed by atoms with E-state index in [0.717, 1.165) is 0 Å². The van der Waals surface area contributed by atoms with Crippen molar-refractivity contribution in [2.24, 2.45) is 11.5 Å². The quantitative estimate of drug-likeness (QED) is 0.445. The third-order valence-corrected chi connectivity index (χ3v) is 1.82. The lowest BCUT2D eigenvalue weighted by Gasteiger charge is -2.30. The van der Waals surface area contributed by atoms with Crippen molar-refractivity contribution in [3.63, 3.8) is 0 Å². The van der Waals surface area contributed by atoms with Gasteiger partial charge in [-0.1, -0.05) is 12.2 Å². The SMILES string of the molecule is CC1(N)C(O)=CC=CC1N. The predicted molar refractivity (Wildman–Crippen MR) is 40.4 cm³/mol. The molecule has 0 aromatic rings. The van der Waals surface area contributed by atoms with Crippen LogP contribution in [0.1, 0.15) is 6.92 Å². The number of allylic oxidation sites excluding steroid dienone is 2. The van der Waals surface area contributed by atoms with Gasteiger partial charge in [0.25, 0.3) is 0 Å². The van der Waals surface area contributed by atoms with Gasteiger partial charge in [-0.05, 0) is 13.0 Å². The van der Waals surface area contributed by atoms with Gasteiger partial charge in [-0.25, -0.2) is 0 Å². The minimum atomic E-state index is -0.797. The molecule has 5 N–H and O–H groups in total. The van der Waals surface area contributed by atoms with Crippen LogP contribution in [0, 0.1) is 0 Å². The minimum absolute atomic E-state index is 0.141. The Balaban J connectivity index is 2.93. The molecule has 3 heteroatoms. The Morgan fingerprint density at radius 2 is 2.30 bits per heavy atom. The summed E-state index contributed by atoms with van der Waals surface area (Å²) in [5, 5.41) is 9.21. The molecule has 0 amide bonds. The lowest BCUT2D eigenvalue weighted by Crippen LogP contribution is -2.54. The number of hydrogen-bond acceptors (Lipinski definition) is 3. The summed E-state index contributed by atoms with van der Waals surface area (Å²) in [5.74, 6) is 0.141. The number of rotatable bonds is 0. The van der Waals surface area contributed by atoms with Crippen molar-refractivity contribution < 1.29 is 5.11 Å². The molecule has 0 fully saturated rings. The highest BCUT2D eigenvalue weighted by Gasteiger charge is 2.31. The molecule has 1 aliphatic rings. The first-order chi connectivity index (χ1) is 4.55. The van der Waals surface area contributed by atoms with Crippen LogP contribution in [0.5, 0.6) is 0 Å². The van der Waals surface area contributed by atoms with Gasteiger partial charge in [-0.2, -0.15) is 0 Å². The van der Waals surface area contributed by atoms with Crippen molar-refractivity contribution >= 4 is 0 Å². The molecule has 1 aliphatic carbocycles. The van der Waals surface area contributed by atoms with Gasteiger partial charge < -0.3 is 16.6 Å². The molecule has 3 nitrogen and oxygen atoms in total. The molecule has 0 aromatic heterocycles. The van der Waals surface area contributed by atoms with E-state index in [1.165, 1.54) is 0 Å². The first kappa shape index (κ1) is 7.31. The summed E-state index contributed by atoms with van der Waals surface area (Å²) in [4.78, 5) is 0. The van der Waals surface area contributed by atoms with Gasteiger partial charge in [-0.3, -0.25) is 0 Å². The lowest BCUT2D eigenvalue weighted by molar-refractivity contribution is 0.289. The van der Waals surface area contributed by atoms with Gasteiger partial charge in [0, 0.05) is 6.04 Å². The van der Waals surface area contributed by atoms with Crippen LogP contribution < -0.4 is 11.5 Å². The highest BCUT2D eigenvalue weighted by Crippen LogP contribution is 2.18. The highest BCUT2D eigenvalue weighted by atomic mass is 16.3. The van der Waals surface area contributed by atoms with E-state index in [-0.39, 0.29) is 11.8 Å². The second kappa shape index (κ2) is 2.11. The largest absolute Gasteiger partial charge is 0.510 e. The van der Waals surface area contributed by atoms with Crippen LogP contribution in [0.15, 0.2) is 24.0 Å². The molecule has 0 saturated carbocycles. The van der Waals surface area contributed by atoms with Crippen LogP contribution in [0.25, 0.3) is 0 Å². The average Bonchev–Trinajstić information content (AvgIpc) is 1.84. The highest BCUT2D eigenvalue weighted by molar-refractivity contribution is 5.28. The number of aliphatic hydroxyl groups excluding tert-OH is 1. The third-order valence-electron chi connectivity index (χ3n) is 1.82. The zero-order chi connectivity index (χ0) is 7.78. The molecule has 2 unspecified atom stereocenters. The van der Waals surface area contributed by atoms with Crippen molar-refractivity contribution in [2.45, 2.75) is 18.5 Å². The smallest absolute Gasteiger partial charge is 0.114 e. The topological polar surface area (TPSA) is 72.3 Å². The van der Waals surface area contributed by atoms with Crippen LogP contribution in [-0.2, 0) is 0 Å². The van der Waals surface area contributed by atoms with Crippen LogP contribution in [0.3, 0.4) is 0 Å². The summed E-state index contributed by atoms with van der Waals surface area (Å²) < 4.78 is 0. The Bertz CT molecular complexity index is 194. The molecule has 0 aliphatic heterocycles. The van der Waals surface area contributed by atoms with Crippen LogP contribution in [0.4, 0.5) is 0 Å². The van der Waals surface area contributed by atoms with Crippen molar-refractivity contribution in [3.05, 3.63) is 24.0 Å². The first-order valence-corrected chi connectivity index (χ1v) is 3.17. The Morgan fingerprint density at radius 1 is 1.70 bits per heavy atom. The summed E-state index contributed by atoms with van der Waals surface area (Å²) in [6.45, 7) is 1.70. The molecule has 56 valence electrons. The molecule has 10 heavy (non-hydrogen) atoms. The summed E-state index contributed by atoms with van der Waals surface area (Å²) in [6.07, 6.45) is 5.03. The van der Waals surface area contributed by atoms with Crippen molar-refractivity contribution in [1.82, 2.24) is 0 Å². The van der Waals surface area contributed by atoms with Crippen molar-refractivity contribution in [2.75, 3.05) is 0 Å². The molecular weight excluding hydrogens is 128 g/mol. The third kappa shape index (κ3) is 0.936. The Labute approximate surface area is 60.0 Å². The van der Waals surface area contributed by atoms with Crippen LogP contribution >= 0.6 is 0 Å². The van der Waals surface area contributed by atoms with Gasteiger partial charge in [0.2, 0.25) is 0 Å². The fraction of sp³-hybridized carbons (Fsp3) is 0.429. The summed E-state index contributed by atoms with van der Waals surface area (Å²) >= 11 is 0. The van der Waals surface area contributed by atoms with E-state index in [2.05, 4.69) is 0 Å². The van der Waals surface area contributed by atoms with E-state index in [0.29, 0.717) is 0 Å². The predicted octanol–water partition coefficient (Wildman–Crippen LogP) is 0.0428. The second-order valence-corrected chi connectivity index (χ2v) is 2.75. The zero-order valence-corrected chi connectivity index (χ0v) is 5.91. The van der Waals surface area contributed by atoms with Gasteiger partial charge in [0.15, 0.2) is 0 Å². The maximum atomic E-state index is 9.21. The summed E-state index contributed by atoms with van der Waals surface area (Å²) in [7, 11) is 0. The van der Waals surface area contributed by atoms with E-state index in [1.54, 1.807) is 25.2 Å². The molecule has 0 saturated heterocycles. The van der Waals surface area contributed by atoms with Gasteiger partial charge in [0.1, 0.15) is 5.76 Å². The first-order valence-electron chi connectivity index (χ1n) is 3.17. The van der Waals surface area contributed by atoms with Crippen LogP contribution in [0.2, 0.25) is 0 Å². The fourth-order valence-electron chi connectivity index (χ4n) is 0.817. The molecule has 0 spiro atoms. The summed E-state index contributed by atoms with van der Waals surface area (Å²) in [6, 6.07) is -0.294. The molecule has 0 radical (unpaired) electrons. The zero-order valence-electron chi connectivity index (χ0n) is 5.91. The standard InChI is InChI=1S/C7H12N2O/c1-7(9)5(8)3-2-4-6(7)10/h2-5,10H,8-9H2,1H3. The monoisotopic (exact) mass is 140 g/mol. The van der Waals surface area contributed by atoms with Crippen molar-refractivity contribution in [1.29, 1.82) is 0 Å². The molecule has 1 rings (SSSR count). The number of hydrogen-bond donors (Lipinski definition) is 3. The van der Waals surface area contributed by atoms with Crippen molar-refractivity contribution in [3.8, 4) is 0 Å². The van der Waals surface area contributed by atoms with E-state index >= 15 is 0 Å². The number of aliphatic hydroxyl groups is 1.